The van der Waals surface area contributed by atoms with Gasteiger partial charge in [-0.2, -0.15) is 0 Å². The van der Waals surface area contributed by atoms with Gasteiger partial charge in [-0.15, -0.1) is 10.2 Å². The highest BCUT2D eigenvalue weighted by atomic mass is 32.2. The molecule has 1 unspecified atom stereocenters. The first-order valence-corrected chi connectivity index (χ1v) is 9.81. The highest BCUT2D eigenvalue weighted by Crippen LogP contribution is 2.29. The second-order valence-corrected chi connectivity index (χ2v) is 8.04. The summed E-state index contributed by atoms with van der Waals surface area (Å²) < 4.78 is 25.2. The third-order valence-electron chi connectivity index (χ3n) is 4.40. The topological polar surface area (TPSA) is 68.1 Å². The second-order valence-electron chi connectivity index (χ2n) is 6.03. The van der Waals surface area contributed by atoms with Crippen LogP contribution in [0, 0.1) is 0 Å². The summed E-state index contributed by atoms with van der Waals surface area (Å²) in [6.45, 7) is 4.84. The van der Waals surface area contributed by atoms with Crippen molar-refractivity contribution in [3.8, 4) is 0 Å². The first-order chi connectivity index (χ1) is 11.0. The summed E-state index contributed by atoms with van der Waals surface area (Å²) in [6, 6.07) is 7.15. The lowest BCUT2D eigenvalue weighted by Crippen LogP contribution is -2.35. The van der Waals surface area contributed by atoms with Gasteiger partial charge < -0.3 is 9.47 Å². The number of sulfone groups is 1. The number of rotatable bonds is 4. The van der Waals surface area contributed by atoms with Crippen LogP contribution >= 0.6 is 0 Å². The molecule has 1 aliphatic heterocycles. The fourth-order valence-electron chi connectivity index (χ4n) is 3.15. The second kappa shape index (κ2) is 6.31. The van der Waals surface area contributed by atoms with E-state index in [4.69, 9.17) is 0 Å². The Kier molecular flexibility index (Phi) is 4.39. The van der Waals surface area contributed by atoms with E-state index in [9.17, 15) is 8.42 Å². The Bertz CT molecular complexity index is 768. The first-order valence-electron chi connectivity index (χ1n) is 7.92. The SMILES string of the molecule is CCn1cnnc1C1CCCN(c2ccc(S(C)(=O)=O)cc2)C1. The standard InChI is InChI=1S/C16H22N4O2S/c1-3-19-12-17-18-16(19)13-5-4-10-20(11-13)14-6-8-15(9-7-14)23(2,21)22/h6-9,12-13H,3-5,10-11H2,1-2H3. The third kappa shape index (κ3) is 3.39. The summed E-state index contributed by atoms with van der Waals surface area (Å²) >= 11 is 0. The van der Waals surface area contributed by atoms with Crippen molar-refractivity contribution in [1.29, 1.82) is 0 Å². The third-order valence-corrected chi connectivity index (χ3v) is 5.53. The molecule has 0 amide bonds. The van der Waals surface area contributed by atoms with Gasteiger partial charge in [0, 0.05) is 37.5 Å². The van der Waals surface area contributed by atoms with Crippen LogP contribution < -0.4 is 4.90 Å². The van der Waals surface area contributed by atoms with Crippen LogP contribution in [0.25, 0.3) is 0 Å². The molecule has 1 fully saturated rings. The lowest BCUT2D eigenvalue weighted by molar-refractivity contribution is 0.473. The zero-order valence-electron chi connectivity index (χ0n) is 13.5. The quantitative estimate of drug-likeness (QED) is 0.856. The van der Waals surface area contributed by atoms with Crippen LogP contribution in [0.2, 0.25) is 0 Å². The smallest absolute Gasteiger partial charge is 0.175 e. The fraction of sp³-hybridized carbons (Fsp3) is 0.500. The molecular formula is C16H22N4O2S. The number of hydrogen-bond donors (Lipinski definition) is 0. The Balaban J connectivity index is 1.79. The Hall–Kier alpha value is -1.89. The molecule has 3 rings (SSSR count). The molecule has 1 aromatic carbocycles. The van der Waals surface area contributed by atoms with Gasteiger partial charge in [0.1, 0.15) is 12.2 Å². The predicted octanol–water partition coefficient (Wildman–Crippen LogP) is 2.09. The van der Waals surface area contributed by atoms with Crippen molar-refractivity contribution in [2.24, 2.45) is 0 Å². The van der Waals surface area contributed by atoms with Crippen LogP contribution in [0.4, 0.5) is 5.69 Å². The van der Waals surface area contributed by atoms with E-state index in [0.29, 0.717) is 10.8 Å². The molecule has 0 saturated carbocycles. The highest BCUT2D eigenvalue weighted by Gasteiger charge is 2.25. The summed E-state index contributed by atoms with van der Waals surface area (Å²) in [6.07, 6.45) is 5.22. The average Bonchev–Trinajstić information content (AvgIpc) is 3.03. The number of aryl methyl sites for hydroxylation is 1. The Labute approximate surface area is 137 Å². The minimum Gasteiger partial charge on any atom is -0.371 e. The summed E-state index contributed by atoms with van der Waals surface area (Å²) in [5.41, 5.74) is 1.06. The van der Waals surface area contributed by atoms with Crippen LogP contribution in [0.15, 0.2) is 35.5 Å². The van der Waals surface area contributed by atoms with E-state index in [1.807, 2.05) is 12.1 Å². The van der Waals surface area contributed by atoms with Gasteiger partial charge in [-0.25, -0.2) is 8.42 Å². The molecule has 0 spiro atoms. The van der Waals surface area contributed by atoms with Crippen LogP contribution in [0.5, 0.6) is 0 Å². The summed E-state index contributed by atoms with van der Waals surface area (Å²) in [7, 11) is -3.15. The average molecular weight is 334 g/mol. The van der Waals surface area contributed by atoms with Crippen molar-refractivity contribution >= 4 is 15.5 Å². The maximum Gasteiger partial charge on any atom is 0.175 e. The maximum atomic E-state index is 11.6. The highest BCUT2D eigenvalue weighted by molar-refractivity contribution is 7.90. The van der Waals surface area contributed by atoms with E-state index in [1.165, 1.54) is 6.26 Å². The zero-order valence-corrected chi connectivity index (χ0v) is 14.3. The molecule has 7 heteroatoms. The van der Waals surface area contributed by atoms with Gasteiger partial charge in [-0.1, -0.05) is 0 Å². The number of piperidine rings is 1. The molecule has 0 N–H and O–H groups in total. The number of anilines is 1. The molecule has 0 radical (unpaired) electrons. The zero-order chi connectivity index (χ0) is 16.4. The minimum absolute atomic E-state index is 0.362. The van der Waals surface area contributed by atoms with Crippen LogP contribution in [0.1, 0.15) is 31.5 Å². The summed E-state index contributed by atoms with van der Waals surface area (Å²) in [5.74, 6) is 1.41. The lowest BCUT2D eigenvalue weighted by Gasteiger charge is -2.34. The molecule has 1 aliphatic rings. The van der Waals surface area contributed by atoms with E-state index < -0.39 is 9.84 Å². The summed E-state index contributed by atoms with van der Waals surface area (Å²) in [5, 5.41) is 8.32. The summed E-state index contributed by atoms with van der Waals surface area (Å²) in [4.78, 5) is 2.66. The van der Waals surface area contributed by atoms with E-state index >= 15 is 0 Å². The molecule has 23 heavy (non-hydrogen) atoms. The molecule has 0 bridgehead atoms. The van der Waals surface area contributed by atoms with Gasteiger partial charge in [-0.3, -0.25) is 0 Å². The number of hydrogen-bond acceptors (Lipinski definition) is 5. The molecule has 1 aromatic heterocycles. The number of nitrogens with zero attached hydrogens (tertiary/aromatic N) is 4. The first kappa shape index (κ1) is 16.0. The van der Waals surface area contributed by atoms with Crippen molar-refractivity contribution in [2.45, 2.75) is 37.1 Å². The molecule has 2 aromatic rings. The monoisotopic (exact) mass is 334 g/mol. The largest absolute Gasteiger partial charge is 0.371 e. The van der Waals surface area contributed by atoms with Gasteiger partial charge in [0.25, 0.3) is 0 Å². The number of benzene rings is 1. The van der Waals surface area contributed by atoms with Crippen LogP contribution in [-0.2, 0) is 16.4 Å². The van der Waals surface area contributed by atoms with Gasteiger partial charge in [0.15, 0.2) is 9.84 Å². The van der Waals surface area contributed by atoms with Crippen LogP contribution in [0.3, 0.4) is 0 Å². The Morgan fingerprint density at radius 3 is 2.65 bits per heavy atom. The Morgan fingerprint density at radius 2 is 2.00 bits per heavy atom. The number of aromatic nitrogens is 3. The van der Waals surface area contributed by atoms with Crippen molar-refractivity contribution in [3.63, 3.8) is 0 Å². The lowest BCUT2D eigenvalue weighted by atomic mass is 9.96. The van der Waals surface area contributed by atoms with Gasteiger partial charge in [0.2, 0.25) is 0 Å². The molecular weight excluding hydrogens is 312 g/mol. The molecule has 1 atom stereocenters. The van der Waals surface area contributed by atoms with Gasteiger partial charge in [-0.05, 0) is 44.0 Å². The molecule has 0 aliphatic carbocycles. The van der Waals surface area contributed by atoms with E-state index in [2.05, 4.69) is 26.6 Å². The van der Waals surface area contributed by atoms with E-state index in [0.717, 1.165) is 44.0 Å². The Morgan fingerprint density at radius 1 is 1.26 bits per heavy atom. The van der Waals surface area contributed by atoms with Crippen molar-refractivity contribution < 1.29 is 8.42 Å². The van der Waals surface area contributed by atoms with Gasteiger partial charge >= 0.3 is 0 Å². The molecule has 124 valence electrons. The van der Waals surface area contributed by atoms with Crippen LogP contribution in [-0.4, -0.2) is 42.5 Å². The van der Waals surface area contributed by atoms with Crippen molar-refractivity contribution in [3.05, 3.63) is 36.4 Å². The van der Waals surface area contributed by atoms with E-state index in [-0.39, 0.29) is 0 Å². The molecule has 2 heterocycles. The van der Waals surface area contributed by atoms with E-state index in [1.54, 1.807) is 18.5 Å². The van der Waals surface area contributed by atoms with Crippen molar-refractivity contribution in [2.75, 3.05) is 24.2 Å². The minimum atomic E-state index is -3.15. The normalized spacial score (nSPS) is 19.0. The maximum absolute atomic E-state index is 11.6. The predicted molar refractivity (Wildman–Crippen MR) is 89.4 cm³/mol. The molecule has 1 saturated heterocycles. The molecule has 6 nitrogen and oxygen atoms in total. The van der Waals surface area contributed by atoms with Gasteiger partial charge in [0.05, 0.1) is 4.90 Å². The van der Waals surface area contributed by atoms with Crippen molar-refractivity contribution in [1.82, 2.24) is 14.8 Å². The fourth-order valence-corrected chi connectivity index (χ4v) is 3.78.